The van der Waals surface area contributed by atoms with E-state index in [0.717, 1.165) is 0 Å². The Morgan fingerprint density at radius 2 is 1.93 bits per heavy atom. The highest BCUT2D eigenvalue weighted by Crippen LogP contribution is 1.94. The van der Waals surface area contributed by atoms with Crippen LogP contribution in [0.3, 0.4) is 0 Å². The molecule has 0 aromatic carbocycles. The van der Waals surface area contributed by atoms with Gasteiger partial charge in [0.2, 0.25) is 5.91 Å². The van der Waals surface area contributed by atoms with Gasteiger partial charge in [-0.15, -0.1) is 6.58 Å². The second-order valence-electron chi connectivity index (χ2n) is 2.79. The van der Waals surface area contributed by atoms with Gasteiger partial charge in [-0.3, -0.25) is 14.9 Å². The minimum Gasteiger partial charge on any atom is -0.481 e. The van der Waals surface area contributed by atoms with E-state index in [4.69, 9.17) is 5.11 Å². The third-order valence-corrected chi connectivity index (χ3v) is 1.45. The van der Waals surface area contributed by atoms with Gasteiger partial charge in [0.05, 0.1) is 0 Å². The summed E-state index contributed by atoms with van der Waals surface area (Å²) in [5.74, 6) is -1.45. The normalized spacial score (nSPS) is 9.07. The number of urea groups is 1. The molecule has 0 fully saturated rings. The molecule has 0 aromatic heterocycles. The lowest BCUT2D eigenvalue weighted by Gasteiger charge is -2.03. The molecule has 84 valence electrons. The van der Waals surface area contributed by atoms with Crippen LogP contribution in [0.4, 0.5) is 4.79 Å². The molecule has 0 aliphatic rings. The summed E-state index contributed by atoms with van der Waals surface area (Å²) in [6.45, 7) is 3.66. The van der Waals surface area contributed by atoms with E-state index in [1.54, 1.807) is 0 Å². The SMILES string of the molecule is C=CCNC(=O)NC(=O)CCCC(=O)O. The van der Waals surface area contributed by atoms with Crippen LogP contribution in [-0.2, 0) is 9.59 Å². The molecule has 3 N–H and O–H groups in total. The van der Waals surface area contributed by atoms with Gasteiger partial charge in [0.15, 0.2) is 0 Å². The summed E-state index contributed by atoms with van der Waals surface area (Å²) in [7, 11) is 0. The van der Waals surface area contributed by atoms with Crippen LogP contribution in [0, 0.1) is 0 Å². The van der Waals surface area contributed by atoms with Crippen LogP contribution >= 0.6 is 0 Å². The molecule has 0 aliphatic carbocycles. The van der Waals surface area contributed by atoms with Gasteiger partial charge in [-0.1, -0.05) is 6.08 Å². The summed E-state index contributed by atoms with van der Waals surface area (Å²) in [5.41, 5.74) is 0. The number of hydrogen-bond acceptors (Lipinski definition) is 3. The molecule has 3 amide bonds. The van der Waals surface area contributed by atoms with Crippen LogP contribution in [0.2, 0.25) is 0 Å². The first kappa shape index (κ1) is 13.2. The monoisotopic (exact) mass is 214 g/mol. The quantitative estimate of drug-likeness (QED) is 0.552. The van der Waals surface area contributed by atoms with Crippen molar-refractivity contribution in [1.29, 1.82) is 0 Å². The zero-order valence-corrected chi connectivity index (χ0v) is 8.28. The Morgan fingerprint density at radius 1 is 1.27 bits per heavy atom. The second kappa shape index (κ2) is 7.54. The Kier molecular flexibility index (Phi) is 6.61. The fraction of sp³-hybridized carbons (Fsp3) is 0.444. The van der Waals surface area contributed by atoms with E-state index in [1.165, 1.54) is 6.08 Å². The number of nitrogens with one attached hydrogen (secondary N) is 2. The van der Waals surface area contributed by atoms with E-state index in [1.807, 2.05) is 0 Å². The van der Waals surface area contributed by atoms with Gasteiger partial charge in [-0.05, 0) is 6.42 Å². The molecule has 0 bridgehead atoms. The van der Waals surface area contributed by atoms with E-state index < -0.39 is 17.9 Å². The molecular formula is C9H14N2O4. The van der Waals surface area contributed by atoms with Gasteiger partial charge < -0.3 is 10.4 Å². The Morgan fingerprint density at radius 3 is 2.47 bits per heavy atom. The maximum atomic E-state index is 11.0. The largest absolute Gasteiger partial charge is 0.481 e. The van der Waals surface area contributed by atoms with Crippen molar-refractivity contribution in [3.05, 3.63) is 12.7 Å². The van der Waals surface area contributed by atoms with E-state index >= 15 is 0 Å². The molecule has 15 heavy (non-hydrogen) atoms. The van der Waals surface area contributed by atoms with Crippen molar-refractivity contribution in [2.75, 3.05) is 6.54 Å². The summed E-state index contributed by atoms with van der Waals surface area (Å²) < 4.78 is 0. The predicted molar refractivity (Wildman–Crippen MR) is 53.2 cm³/mol. The average Bonchev–Trinajstić information content (AvgIpc) is 2.14. The Bertz CT molecular complexity index is 263. The van der Waals surface area contributed by atoms with Crippen LogP contribution < -0.4 is 10.6 Å². The molecule has 0 unspecified atom stereocenters. The Balaban J connectivity index is 3.59. The van der Waals surface area contributed by atoms with Crippen molar-refractivity contribution in [3.63, 3.8) is 0 Å². The van der Waals surface area contributed by atoms with Gasteiger partial charge >= 0.3 is 12.0 Å². The Labute approximate surface area is 87.3 Å². The zero-order chi connectivity index (χ0) is 11.7. The molecule has 0 heterocycles. The second-order valence-corrected chi connectivity index (χ2v) is 2.79. The molecule has 6 heteroatoms. The van der Waals surface area contributed by atoms with Crippen molar-refractivity contribution in [3.8, 4) is 0 Å². The number of carboxylic acid groups (broad SMARTS) is 1. The Hall–Kier alpha value is -1.85. The molecule has 6 nitrogen and oxygen atoms in total. The third-order valence-electron chi connectivity index (χ3n) is 1.45. The van der Waals surface area contributed by atoms with E-state index in [-0.39, 0.29) is 25.8 Å². The van der Waals surface area contributed by atoms with Crippen LogP contribution in [0.15, 0.2) is 12.7 Å². The van der Waals surface area contributed by atoms with Crippen molar-refractivity contribution >= 4 is 17.9 Å². The van der Waals surface area contributed by atoms with Crippen LogP contribution in [-0.4, -0.2) is 29.6 Å². The molecule has 0 aliphatic heterocycles. The number of imide groups is 1. The van der Waals surface area contributed by atoms with Crippen LogP contribution in [0.5, 0.6) is 0 Å². The number of rotatable bonds is 6. The number of carbonyl (C=O) groups is 3. The summed E-state index contributed by atoms with van der Waals surface area (Å²) in [6.07, 6.45) is 1.64. The van der Waals surface area contributed by atoms with Crippen molar-refractivity contribution in [1.82, 2.24) is 10.6 Å². The van der Waals surface area contributed by atoms with Crippen LogP contribution in [0.1, 0.15) is 19.3 Å². The smallest absolute Gasteiger partial charge is 0.321 e. The molecule has 0 saturated carbocycles. The summed E-state index contributed by atoms with van der Waals surface area (Å²) in [4.78, 5) is 32.0. The summed E-state index contributed by atoms with van der Waals surface area (Å²) >= 11 is 0. The average molecular weight is 214 g/mol. The van der Waals surface area contributed by atoms with Crippen molar-refractivity contribution in [2.45, 2.75) is 19.3 Å². The fourth-order valence-electron chi connectivity index (χ4n) is 0.798. The van der Waals surface area contributed by atoms with E-state index in [0.29, 0.717) is 0 Å². The van der Waals surface area contributed by atoms with E-state index in [2.05, 4.69) is 17.2 Å². The number of hydrogen-bond donors (Lipinski definition) is 3. The summed E-state index contributed by atoms with van der Waals surface area (Å²) in [5, 5.41) is 12.7. The third kappa shape index (κ3) is 8.48. The molecule has 0 rings (SSSR count). The number of carboxylic acids is 1. The van der Waals surface area contributed by atoms with Gasteiger partial charge in [0.1, 0.15) is 0 Å². The maximum absolute atomic E-state index is 11.0. The van der Waals surface area contributed by atoms with E-state index in [9.17, 15) is 14.4 Å². The highest BCUT2D eigenvalue weighted by Gasteiger charge is 2.07. The lowest BCUT2D eigenvalue weighted by Crippen LogP contribution is -2.39. The first-order valence-electron chi connectivity index (χ1n) is 4.46. The van der Waals surface area contributed by atoms with Gasteiger partial charge in [0.25, 0.3) is 0 Å². The first-order valence-corrected chi connectivity index (χ1v) is 4.46. The lowest BCUT2D eigenvalue weighted by atomic mass is 10.2. The molecular weight excluding hydrogens is 200 g/mol. The predicted octanol–water partition coefficient (Wildman–Crippen LogP) is 0.253. The lowest BCUT2D eigenvalue weighted by molar-refractivity contribution is -0.137. The van der Waals surface area contributed by atoms with Gasteiger partial charge in [-0.2, -0.15) is 0 Å². The number of amides is 3. The standard InChI is InChI=1S/C9H14N2O4/c1-2-6-10-9(15)11-7(12)4-3-5-8(13)14/h2H,1,3-6H2,(H,13,14)(H2,10,11,12,15). The van der Waals surface area contributed by atoms with Crippen molar-refractivity contribution < 1.29 is 19.5 Å². The first-order chi connectivity index (χ1) is 7.06. The highest BCUT2D eigenvalue weighted by molar-refractivity contribution is 5.94. The number of aliphatic carboxylic acids is 1. The number of carbonyl (C=O) groups excluding carboxylic acids is 2. The van der Waals surface area contributed by atoms with Gasteiger partial charge in [-0.25, -0.2) is 4.79 Å². The summed E-state index contributed by atoms with van der Waals surface area (Å²) in [6, 6.07) is -0.602. The molecule has 0 aromatic rings. The topological polar surface area (TPSA) is 95.5 Å². The zero-order valence-electron chi connectivity index (χ0n) is 8.28. The molecule has 0 atom stereocenters. The maximum Gasteiger partial charge on any atom is 0.321 e. The molecule has 0 radical (unpaired) electrons. The highest BCUT2D eigenvalue weighted by atomic mass is 16.4. The molecule has 0 spiro atoms. The van der Waals surface area contributed by atoms with Gasteiger partial charge in [0, 0.05) is 19.4 Å². The van der Waals surface area contributed by atoms with Crippen LogP contribution in [0.25, 0.3) is 0 Å². The minimum absolute atomic E-state index is 0.0216. The van der Waals surface area contributed by atoms with Crippen molar-refractivity contribution in [2.24, 2.45) is 0 Å². The minimum atomic E-state index is -0.959. The molecule has 0 saturated heterocycles. The fourth-order valence-corrected chi connectivity index (χ4v) is 0.798.